The fourth-order valence-electron chi connectivity index (χ4n) is 2.36. The van der Waals surface area contributed by atoms with Gasteiger partial charge in [0.25, 0.3) is 0 Å². The van der Waals surface area contributed by atoms with Gasteiger partial charge in [0.1, 0.15) is 5.82 Å². The highest BCUT2D eigenvalue weighted by atomic mass is 16.2. The first-order valence-corrected chi connectivity index (χ1v) is 6.62. The highest BCUT2D eigenvalue weighted by Crippen LogP contribution is 2.20. The van der Waals surface area contributed by atoms with Crippen LogP contribution in [0.2, 0.25) is 0 Å². The summed E-state index contributed by atoms with van der Waals surface area (Å²) in [5.74, 6) is 0.725. The van der Waals surface area contributed by atoms with E-state index in [0.717, 1.165) is 25.1 Å². The summed E-state index contributed by atoms with van der Waals surface area (Å²) in [6.07, 6.45) is 4.18. The van der Waals surface area contributed by atoms with E-state index in [1.54, 1.807) is 0 Å². The summed E-state index contributed by atoms with van der Waals surface area (Å²) in [6, 6.07) is 0.726. The van der Waals surface area contributed by atoms with Crippen LogP contribution in [-0.2, 0) is 6.42 Å². The first-order chi connectivity index (χ1) is 8.61. The van der Waals surface area contributed by atoms with E-state index in [9.17, 15) is 4.79 Å². The van der Waals surface area contributed by atoms with Crippen LogP contribution in [0.4, 0.5) is 0 Å². The van der Waals surface area contributed by atoms with Crippen molar-refractivity contribution in [3.8, 4) is 0 Å². The van der Waals surface area contributed by atoms with Gasteiger partial charge in [0.05, 0.1) is 0 Å². The molecule has 2 rings (SSSR count). The zero-order chi connectivity index (χ0) is 13.1. The van der Waals surface area contributed by atoms with Crippen LogP contribution in [0.3, 0.4) is 0 Å². The van der Waals surface area contributed by atoms with E-state index in [4.69, 9.17) is 0 Å². The summed E-state index contributed by atoms with van der Waals surface area (Å²) in [6.45, 7) is 6.23. The summed E-state index contributed by atoms with van der Waals surface area (Å²) < 4.78 is 0. The van der Waals surface area contributed by atoms with Crippen molar-refractivity contribution < 1.29 is 4.79 Å². The minimum Gasteiger partial charge on any atom is -0.281 e. The molecular formula is C12H21N5O. The molecule has 1 saturated heterocycles. The normalized spacial score (nSPS) is 25.1. The van der Waals surface area contributed by atoms with Crippen LogP contribution in [0.5, 0.6) is 0 Å². The molecule has 6 nitrogen and oxygen atoms in total. The van der Waals surface area contributed by atoms with Crippen molar-refractivity contribution in [1.82, 2.24) is 25.6 Å². The predicted octanol–water partition coefficient (Wildman–Crippen LogP) is 1.27. The zero-order valence-electron chi connectivity index (χ0n) is 11.2. The first-order valence-electron chi connectivity index (χ1n) is 6.62. The number of rotatable bonds is 3. The minimum atomic E-state index is -0.230. The van der Waals surface area contributed by atoms with Crippen LogP contribution < -0.4 is 5.43 Å². The van der Waals surface area contributed by atoms with Gasteiger partial charge in [-0.15, -0.1) is 5.10 Å². The maximum Gasteiger partial charge on any atom is 0.305 e. The number of nitrogens with one attached hydrogen (secondary N) is 2. The molecule has 0 saturated carbocycles. The maximum absolute atomic E-state index is 12.0. The van der Waals surface area contributed by atoms with Crippen molar-refractivity contribution in [1.29, 1.82) is 0 Å². The van der Waals surface area contributed by atoms with Crippen molar-refractivity contribution >= 4 is 5.91 Å². The van der Waals surface area contributed by atoms with E-state index in [0.29, 0.717) is 12.1 Å². The molecule has 18 heavy (non-hydrogen) atoms. The molecule has 0 aromatic carbocycles. The fourth-order valence-corrected chi connectivity index (χ4v) is 2.36. The highest BCUT2D eigenvalue weighted by molar-refractivity contribution is 5.89. The van der Waals surface area contributed by atoms with E-state index in [1.807, 2.05) is 11.9 Å². The van der Waals surface area contributed by atoms with Crippen molar-refractivity contribution in [3.63, 3.8) is 0 Å². The number of piperidine rings is 1. The smallest absolute Gasteiger partial charge is 0.281 e. The van der Waals surface area contributed by atoms with Crippen molar-refractivity contribution in [2.75, 3.05) is 0 Å². The molecule has 0 bridgehead atoms. The number of nitrogens with zero attached hydrogens (tertiary/aromatic N) is 3. The van der Waals surface area contributed by atoms with Gasteiger partial charge >= 0.3 is 5.91 Å². The molecule has 100 valence electrons. The van der Waals surface area contributed by atoms with Crippen LogP contribution >= 0.6 is 0 Å². The van der Waals surface area contributed by atoms with Crippen molar-refractivity contribution in [2.24, 2.45) is 0 Å². The number of aromatic amines is 1. The molecule has 1 fully saturated rings. The van der Waals surface area contributed by atoms with Gasteiger partial charge in [-0.05, 0) is 26.7 Å². The number of aromatic nitrogens is 3. The van der Waals surface area contributed by atoms with E-state index in [2.05, 4.69) is 34.5 Å². The summed E-state index contributed by atoms with van der Waals surface area (Å²) in [5, 5.41) is 8.70. The third-order valence-electron chi connectivity index (χ3n) is 3.49. The molecule has 0 radical (unpaired) electrons. The van der Waals surface area contributed by atoms with Gasteiger partial charge in [-0.2, -0.15) is 0 Å². The van der Waals surface area contributed by atoms with Gasteiger partial charge < -0.3 is 0 Å². The van der Waals surface area contributed by atoms with Gasteiger partial charge in [0.2, 0.25) is 5.82 Å². The number of H-pyrrole nitrogens is 1. The van der Waals surface area contributed by atoms with Crippen molar-refractivity contribution in [2.45, 2.75) is 58.5 Å². The van der Waals surface area contributed by atoms with E-state index in [1.165, 1.54) is 6.42 Å². The molecule has 0 aliphatic carbocycles. The summed E-state index contributed by atoms with van der Waals surface area (Å²) in [4.78, 5) is 16.2. The lowest BCUT2D eigenvalue weighted by Crippen LogP contribution is -2.54. The van der Waals surface area contributed by atoms with Crippen molar-refractivity contribution in [3.05, 3.63) is 11.6 Å². The van der Waals surface area contributed by atoms with Gasteiger partial charge in [-0.1, -0.05) is 13.3 Å². The number of hydrogen-bond acceptors (Lipinski definition) is 4. The standard InChI is InChI=1S/C12H21N5O/c1-4-10-13-11(15-14-10)12(18)16-17-8(2)6-5-7-9(17)3/h8-9H,4-7H2,1-3H3,(H,16,18)(H,13,14,15). The zero-order valence-corrected chi connectivity index (χ0v) is 11.2. The predicted molar refractivity (Wildman–Crippen MR) is 67.8 cm³/mol. The first kappa shape index (κ1) is 13.0. The van der Waals surface area contributed by atoms with E-state index >= 15 is 0 Å². The molecular weight excluding hydrogens is 230 g/mol. The Morgan fingerprint density at radius 3 is 2.67 bits per heavy atom. The average molecular weight is 251 g/mol. The Morgan fingerprint density at radius 2 is 2.11 bits per heavy atom. The Balaban J connectivity index is 2.01. The van der Waals surface area contributed by atoms with Crippen LogP contribution in [-0.4, -0.2) is 38.2 Å². The Labute approximate surface area is 107 Å². The third kappa shape index (κ3) is 2.69. The van der Waals surface area contributed by atoms with Crippen LogP contribution in [0, 0.1) is 0 Å². The monoisotopic (exact) mass is 251 g/mol. The molecule has 0 spiro atoms. The Kier molecular flexibility index (Phi) is 3.96. The quantitative estimate of drug-likeness (QED) is 0.848. The lowest BCUT2D eigenvalue weighted by Gasteiger charge is -2.38. The summed E-state index contributed by atoms with van der Waals surface area (Å²) >= 11 is 0. The topological polar surface area (TPSA) is 73.9 Å². The van der Waals surface area contributed by atoms with Gasteiger partial charge in [0, 0.05) is 18.5 Å². The maximum atomic E-state index is 12.0. The molecule has 1 aromatic rings. The second-order valence-corrected chi connectivity index (χ2v) is 4.94. The molecule has 6 heteroatoms. The number of aryl methyl sites for hydroxylation is 1. The Bertz CT molecular complexity index is 406. The molecule has 1 aliphatic rings. The third-order valence-corrected chi connectivity index (χ3v) is 3.49. The summed E-state index contributed by atoms with van der Waals surface area (Å²) in [7, 11) is 0. The molecule has 2 atom stereocenters. The largest absolute Gasteiger partial charge is 0.305 e. The number of carbonyl (C=O) groups is 1. The molecule has 1 aliphatic heterocycles. The lowest BCUT2D eigenvalue weighted by molar-refractivity contribution is 0.0362. The fraction of sp³-hybridized carbons (Fsp3) is 0.750. The number of hydrogen-bond donors (Lipinski definition) is 2. The SMILES string of the molecule is CCc1nc(C(=O)NN2C(C)CCCC2C)n[nH]1. The van der Waals surface area contributed by atoms with Gasteiger partial charge in [0.15, 0.2) is 0 Å². The van der Waals surface area contributed by atoms with E-state index < -0.39 is 0 Å². The van der Waals surface area contributed by atoms with Crippen LogP contribution in [0.1, 0.15) is 56.5 Å². The van der Waals surface area contributed by atoms with Gasteiger partial charge in [-0.25, -0.2) is 9.99 Å². The Hall–Kier alpha value is -1.43. The van der Waals surface area contributed by atoms with Crippen LogP contribution in [0.15, 0.2) is 0 Å². The number of carbonyl (C=O) groups excluding carboxylic acids is 1. The second-order valence-electron chi connectivity index (χ2n) is 4.94. The number of hydrazine groups is 1. The van der Waals surface area contributed by atoms with E-state index in [-0.39, 0.29) is 11.7 Å². The van der Waals surface area contributed by atoms with Crippen LogP contribution in [0.25, 0.3) is 0 Å². The summed E-state index contributed by atoms with van der Waals surface area (Å²) in [5.41, 5.74) is 2.92. The average Bonchev–Trinajstić information content (AvgIpc) is 2.82. The molecule has 1 amide bonds. The molecule has 2 heterocycles. The molecule has 2 unspecified atom stereocenters. The van der Waals surface area contributed by atoms with Gasteiger partial charge in [-0.3, -0.25) is 15.3 Å². The minimum absolute atomic E-state index is 0.219. The molecule has 1 aromatic heterocycles. The second kappa shape index (κ2) is 5.48. The highest BCUT2D eigenvalue weighted by Gasteiger charge is 2.27. The molecule has 2 N–H and O–H groups in total. The Morgan fingerprint density at radius 1 is 1.44 bits per heavy atom. The number of amides is 1. The lowest BCUT2D eigenvalue weighted by atomic mass is 10.00.